The average Bonchev–Trinajstić information content (AvgIpc) is 3.30. The van der Waals surface area contributed by atoms with Crippen LogP contribution in [-0.4, -0.2) is 69.5 Å². The number of amides is 3. The van der Waals surface area contributed by atoms with Crippen LogP contribution >= 0.6 is 11.6 Å². The summed E-state index contributed by atoms with van der Waals surface area (Å²) >= 11 is 5.97. The van der Waals surface area contributed by atoms with Gasteiger partial charge < -0.3 is 25.3 Å². The molecule has 0 radical (unpaired) electrons. The third-order valence-electron chi connectivity index (χ3n) is 7.26. The number of hydrogen-bond acceptors (Lipinski definition) is 5. The Morgan fingerprint density at radius 3 is 2.46 bits per heavy atom. The number of nitrogens with zero attached hydrogens (tertiary/aromatic N) is 3. The minimum Gasteiger partial charge on any atom is -0.444 e. The Labute approximate surface area is 241 Å². The molecule has 1 fully saturated rings. The molecule has 2 aromatic heterocycles. The SMILES string of the molecule is CN(C(=O)OC(C)(C)C)C1CCN(C(=O)c2ccc3c(c2)[nH]c2c(C(N)=O)cc(-c4ccc(F)c(Cl)c4)nc23)CC1. The molecule has 9 nitrogen and oxygen atoms in total. The summed E-state index contributed by atoms with van der Waals surface area (Å²) in [7, 11) is 1.73. The van der Waals surface area contributed by atoms with Crippen molar-refractivity contribution >= 4 is 51.4 Å². The molecule has 0 bridgehead atoms. The van der Waals surface area contributed by atoms with E-state index in [0.29, 0.717) is 64.7 Å². The molecular formula is C30H31ClFN5O4. The van der Waals surface area contributed by atoms with Gasteiger partial charge >= 0.3 is 6.09 Å². The van der Waals surface area contributed by atoms with Gasteiger partial charge in [0.25, 0.3) is 11.8 Å². The third-order valence-corrected chi connectivity index (χ3v) is 7.55. The number of H-pyrrole nitrogens is 1. The fourth-order valence-corrected chi connectivity index (χ4v) is 5.29. The number of aromatic amines is 1. The number of halogens is 2. The molecule has 4 aromatic rings. The Bertz CT molecular complexity index is 1690. The van der Waals surface area contributed by atoms with E-state index in [2.05, 4.69) is 4.98 Å². The van der Waals surface area contributed by atoms with Crippen LogP contribution in [0.1, 0.15) is 54.3 Å². The highest BCUT2D eigenvalue weighted by Crippen LogP contribution is 2.32. The van der Waals surface area contributed by atoms with Gasteiger partial charge in [-0.15, -0.1) is 0 Å². The molecule has 0 unspecified atom stereocenters. The first-order valence-electron chi connectivity index (χ1n) is 13.3. The second kappa shape index (κ2) is 10.7. The van der Waals surface area contributed by atoms with Gasteiger partial charge in [-0.05, 0) is 76.1 Å². The van der Waals surface area contributed by atoms with Crippen molar-refractivity contribution in [2.45, 2.75) is 45.3 Å². The highest BCUT2D eigenvalue weighted by atomic mass is 35.5. The first-order valence-corrected chi connectivity index (χ1v) is 13.7. The topological polar surface area (TPSA) is 122 Å². The summed E-state index contributed by atoms with van der Waals surface area (Å²) in [5.41, 5.74) is 8.31. The van der Waals surface area contributed by atoms with Crippen LogP contribution in [0, 0.1) is 5.82 Å². The summed E-state index contributed by atoms with van der Waals surface area (Å²) < 4.78 is 19.2. The Balaban J connectivity index is 1.40. The van der Waals surface area contributed by atoms with E-state index in [9.17, 15) is 18.8 Å². The van der Waals surface area contributed by atoms with E-state index in [1.165, 1.54) is 24.3 Å². The lowest BCUT2D eigenvalue weighted by molar-refractivity contribution is 0.0155. The van der Waals surface area contributed by atoms with Crippen molar-refractivity contribution in [1.82, 2.24) is 19.8 Å². The first kappa shape index (κ1) is 28.4. The van der Waals surface area contributed by atoms with Gasteiger partial charge in [0.2, 0.25) is 0 Å². The Hall–Kier alpha value is -4.18. The first-order chi connectivity index (χ1) is 19.3. The zero-order valence-corrected chi connectivity index (χ0v) is 24.0. The second-order valence-corrected chi connectivity index (χ2v) is 11.7. The lowest BCUT2D eigenvalue weighted by Gasteiger charge is -2.37. The van der Waals surface area contributed by atoms with Crippen LogP contribution in [0.3, 0.4) is 0 Å². The molecule has 2 aromatic carbocycles. The number of carbonyl (C=O) groups is 3. The summed E-state index contributed by atoms with van der Waals surface area (Å²) in [5, 5.41) is 0.638. The number of aromatic nitrogens is 2. The van der Waals surface area contributed by atoms with Gasteiger partial charge in [0.1, 0.15) is 11.4 Å². The highest BCUT2D eigenvalue weighted by molar-refractivity contribution is 6.31. The minimum atomic E-state index is -0.658. The Morgan fingerprint density at radius 1 is 1.12 bits per heavy atom. The maximum absolute atomic E-state index is 13.7. The molecular weight excluding hydrogens is 549 g/mol. The van der Waals surface area contributed by atoms with Gasteiger partial charge in [0.05, 0.1) is 27.3 Å². The molecule has 3 N–H and O–H groups in total. The number of fused-ring (bicyclic) bond motifs is 3. The van der Waals surface area contributed by atoms with E-state index < -0.39 is 17.3 Å². The molecule has 11 heteroatoms. The molecule has 41 heavy (non-hydrogen) atoms. The number of carbonyl (C=O) groups excluding carboxylic acids is 3. The summed E-state index contributed by atoms with van der Waals surface area (Å²) in [6, 6.07) is 11.0. The van der Waals surface area contributed by atoms with Crippen LogP contribution in [0.4, 0.5) is 9.18 Å². The number of ether oxygens (including phenoxy) is 1. The van der Waals surface area contributed by atoms with Gasteiger partial charge in [-0.25, -0.2) is 14.2 Å². The van der Waals surface area contributed by atoms with Crippen LogP contribution in [0.25, 0.3) is 33.2 Å². The lowest BCUT2D eigenvalue weighted by atomic mass is 10.0. The van der Waals surface area contributed by atoms with E-state index >= 15 is 0 Å². The predicted octanol–water partition coefficient (Wildman–Crippen LogP) is 5.75. The number of benzene rings is 2. The third kappa shape index (κ3) is 5.69. The smallest absolute Gasteiger partial charge is 0.410 e. The van der Waals surface area contributed by atoms with Gasteiger partial charge in [-0.2, -0.15) is 0 Å². The fourth-order valence-electron chi connectivity index (χ4n) is 5.11. The normalized spacial score (nSPS) is 14.4. The molecule has 5 rings (SSSR count). The average molecular weight is 580 g/mol. The molecule has 0 aliphatic carbocycles. The zero-order chi connectivity index (χ0) is 29.6. The van der Waals surface area contributed by atoms with E-state index in [4.69, 9.17) is 27.1 Å². The van der Waals surface area contributed by atoms with Crippen LogP contribution in [0.5, 0.6) is 0 Å². The van der Waals surface area contributed by atoms with Gasteiger partial charge in [-0.1, -0.05) is 11.6 Å². The van der Waals surface area contributed by atoms with Gasteiger partial charge in [0, 0.05) is 48.2 Å². The summed E-state index contributed by atoms with van der Waals surface area (Å²) in [6.07, 6.45) is 0.900. The standard InChI is InChI=1S/C30H31ClFN5O4/c1-30(2,3)41-29(40)36(4)18-9-11-37(12-10-18)28(39)17-5-7-19-24(14-17)35-26-20(27(33)38)15-23(34-25(19)26)16-6-8-22(32)21(31)13-16/h5-8,13-15,18,35H,9-12H2,1-4H3,(H2,33,38). The van der Waals surface area contributed by atoms with Crippen LogP contribution in [0.15, 0.2) is 42.5 Å². The molecule has 0 saturated carbocycles. The molecule has 3 amide bonds. The van der Waals surface area contributed by atoms with Crippen molar-refractivity contribution in [3.63, 3.8) is 0 Å². The number of likely N-dealkylation sites (tertiary alicyclic amines) is 1. The van der Waals surface area contributed by atoms with Crippen LogP contribution in [0.2, 0.25) is 5.02 Å². The fraction of sp³-hybridized carbons (Fsp3) is 0.333. The van der Waals surface area contributed by atoms with Gasteiger partial charge in [0.15, 0.2) is 0 Å². The van der Waals surface area contributed by atoms with Crippen molar-refractivity contribution < 1.29 is 23.5 Å². The van der Waals surface area contributed by atoms with Crippen molar-refractivity contribution in [3.05, 3.63) is 64.4 Å². The van der Waals surface area contributed by atoms with E-state index in [-0.39, 0.29) is 28.6 Å². The number of hydrogen-bond donors (Lipinski definition) is 2. The number of nitrogens with two attached hydrogens (primary N) is 1. The zero-order valence-electron chi connectivity index (χ0n) is 23.3. The Kier molecular flexibility index (Phi) is 7.37. The molecule has 1 saturated heterocycles. The molecule has 1 aliphatic heterocycles. The monoisotopic (exact) mass is 579 g/mol. The molecule has 1 aliphatic rings. The quantitative estimate of drug-likeness (QED) is 0.319. The summed E-state index contributed by atoms with van der Waals surface area (Å²) in [5.74, 6) is -1.35. The van der Waals surface area contributed by atoms with E-state index in [1.807, 2.05) is 20.8 Å². The van der Waals surface area contributed by atoms with Gasteiger partial charge in [-0.3, -0.25) is 9.59 Å². The highest BCUT2D eigenvalue weighted by Gasteiger charge is 2.30. The number of piperidine rings is 1. The summed E-state index contributed by atoms with van der Waals surface area (Å²) in [6.45, 7) is 6.48. The lowest BCUT2D eigenvalue weighted by Crippen LogP contribution is -2.48. The van der Waals surface area contributed by atoms with Crippen molar-refractivity contribution in [2.24, 2.45) is 5.73 Å². The maximum Gasteiger partial charge on any atom is 0.410 e. The number of nitrogens with one attached hydrogen (secondary N) is 1. The molecule has 214 valence electrons. The van der Waals surface area contributed by atoms with E-state index in [1.54, 1.807) is 35.0 Å². The van der Waals surface area contributed by atoms with Crippen molar-refractivity contribution in [3.8, 4) is 11.3 Å². The largest absolute Gasteiger partial charge is 0.444 e. The molecule has 0 spiro atoms. The number of pyridine rings is 1. The van der Waals surface area contributed by atoms with Crippen molar-refractivity contribution in [2.75, 3.05) is 20.1 Å². The number of rotatable bonds is 4. The summed E-state index contributed by atoms with van der Waals surface area (Å²) in [4.78, 5) is 49.5. The maximum atomic E-state index is 13.7. The van der Waals surface area contributed by atoms with E-state index in [0.717, 1.165) is 0 Å². The van der Waals surface area contributed by atoms with Crippen molar-refractivity contribution in [1.29, 1.82) is 0 Å². The molecule has 3 heterocycles. The predicted molar refractivity (Wildman–Crippen MR) is 155 cm³/mol. The van der Waals surface area contributed by atoms with Crippen LogP contribution < -0.4 is 5.73 Å². The minimum absolute atomic E-state index is 0.0198. The second-order valence-electron chi connectivity index (χ2n) is 11.3. The number of primary amides is 1. The Morgan fingerprint density at radius 2 is 1.83 bits per heavy atom. The van der Waals surface area contributed by atoms with Crippen LogP contribution in [-0.2, 0) is 4.74 Å². The molecule has 0 atom stereocenters.